The van der Waals surface area contributed by atoms with E-state index in [1.807, 2.05) is 18.3 Å². The number of aromatic nitrogens is 1. The highest BCUT2D eigenvalue weighted by molar-refractivity contribution is 6.71. The van der Waals surface area contributed by atoms with Crippen LogP contribution >= 0.6 is 0 Å². The molecule has 2 nitrogen and oxygen atoms in total. The van der Waals surface area contributed by atoms with E-state index in [0.29, 0.717) is 0 Å². The molecular formula is C30H43NOSi. The average Bonchev–Trinajstić information content (AvgIpc) is 3.23. The summed E-state index contributed by atoms with van der Waals surface area (Å²) < 4.78 is 6.54. The first-order chi connectivity index (χ1) is 15.7. The van der Waals surface area contributed by atoms with E-state index in [0.717, 1.165) is 48.8 Å². The maximum absolute atomic E-state index is 6.54. The van der Waals surface area contributed by atoms with Gasteiger partial charge in [0, 0.05) is 23.7 Å². The minimum atomic E-state index is -1.75. The van der Waals surface area contributed by atoms with Crippen molar-refractivity contribution in [3.8, 4) is 0 Å². The minimum Gasteiger partial charge on any atom is -0.544 e. The molecule has 1 aromatic heterocycles. The monoisotopic (exact) mass is 461 g/mol. The van der Waals surface area contributed by atoms with Crippen LogP contribution < -0.4 is 0 Å². The zero-order valence-corrected chi connectivity index (χ0v) is 22.4. The van der Waals surface area contributed by atoms with Crippen LogP contribution in [0, 0.1) is 11.3 Å². The summed E-state index contributed by atoms with van der Waals surface area (Å²) in [6.45, 7) is 19.7. The Balaban J connectivity index is 2.23. The van der Waals surface area contributed by atoms with E-state index in [4.69, 9.17) is 9.41 Å². The van der Waals surface area contributed by atoms with Crippen LogP contribution in [0.15, 0.2) is 97.5 Å². The van der Waals surface area contributed by atoms with Crippen LogP contribution in [0.3, 0.4) is 0 Å². The Morgan fingerprint density at radius 1 is 1.24 bits per heavy atom. The maximum atomic E-state index is 6.54. The first-order valence-electron chi connectivity index (χ1n) is 12.3. The van der Waals surface area contributed by atoms with Crippen molar-refractivity contribution in [3.05, 3.63) is 103 Å². The molecule has 1 aliphatic carbocycles. The molecule has 33 heavy (non-hydrogen) atoms. The Kier molecular flexibility index (Phi) is 10.4. The van der Waals surface area contributed by atoms with Gasteiger partial charge in [0.25, 0.3) is 0 Å². The number of hydrogen-bond acceptors (Lipinski definition) is 2. The van der Waals surface area contributed by atoms with E-state index in [2.05, 4.69) is 102 Å². The minimum absolute atomic E-state index is 0.0950. The molecule has 178 valence electrons. The van der Waals surface area contributed by atoms with Crippen LogP contribution in [0.25, 0.3) is 0 Å². The fourth-order valence-electron chi connectivity index (χ4n) is 4.46. The number of rotatable bonds is 14. The first kappa shape index (κ1) is 26.9. The van der Waals surface area contributed by atoms with Gasteiger partial charge >= 0.3 is 0 Å². The molecular weight excluding hydrogens is 418 g/mol. The normalized spacial score (nSPS) is 17.5. The highest BCUT2D eigenvalue weighted by atomic mass is 28.4. The third kappa shape index (κ3) is 8.15. The van der Waals surface area contributed by atoms with Crippen molar-refractivity contribution in [3.63, 3.8) is 0 Å². The summed E-state index contributed by atoms with van der Waals surface area (Å²) >= 11 is 0. The molecule has 0 bridgehead atoms. The van der Waals surface area contributed by atoms with E-state index < -0.39 is 8.32 Å². The van der Waals surface area contributed by atoms with E-state index in [9.17, 15) is 0 Å². The standard InChI is InChI=1S/C30H43NOSi/c1-8-10-12-13-14-18-25(3)29(28-19-15-16-22-31-28)30(4,5)26-20-21-27(24-26)32-33(6,7)23-17-11-9-2/h9,12-16,18-22,24,26,29H,2-3,8,10-11,17,23H2,1,4-7H3/b13-12-,18-14-. The lowest BCUT2D eigenvalue weighted by atomic mass is 9.65. The van der Waals surface area contributed by atoms with E-state index in [-0.39, 0.29) is 17.3 Å². The van der Waals surface area contributed by atoms with Gasteiger partial charge in [0.15, 0.2) is 0 Å². The number of unbranched alkanes of at least 4 members (excludes halogenated alkanes) is 2. The van der Waals surface area contributed by atoms with Crippen molar-refractivity contribution in [2.75, 3.05) is 0 Å². The third-order valence-electron chi connectivity index (χ3n) is 6.36. The van der Waals surface area contributed by atoms with Crippen LogP contribution in [0.5, 0.6) is 0 Å². The van der Waals surface area contributed by atoms with Crippen molar-refractivity contribution < 1.29 is 4.43 Å². The largest absolute Gasteiger partial charge is 0.544 e. The zero-order chi connectivity index (χ0) is 24.3. The molecule has 0 radical (unpaired) electrons. The summed E-state index contributed by atoms with van der Waals surface area (Å²) in [4.78, 5) is 4.73. The van der Waals surface area contributed by atoms with Crippen molar-refractivity contribution in [2.24, 2.45) is 11.3 Å². The van der Waals surface area contributed by atoms with E-state index in [1.165, 1.54) is 0 Å². The highest BCUT2D eigenvalue weighted by Gasteiger charge is 2.39. The Morgan fingerprint density at radius 2 is 2.03 bits per heavy atom. The molecule has 3 heteroatoms. The van der Waals surface area contributed by atoms with Gasteiger partial charge in [-0.3, -0.25) is 4.98 Å². The molecule has 2 rings (SSSR count). The first-order valence-corrected chi connectivity index (χ1v) is 15.5. The lowest BCUT2D eigenvalue weighted by Gasteiger charge is -2.38. The van der Waals surface area contributed by atoms with Crippen molar-refractivity contribution in [2.45, 2.75) is 71.5 Å². The summed E-state index contributed by atoms with van der Waals surface area (Å²) in [6.07, 6.45) is 23.7. The molecule has 0 aromatic carbocycles. The molecule has 2 unspecified atom stereocenters. The summed E-state index contributed by atoms with van der Waals surface area (Å²) in [5.41, 5.74) is 2.03. The molecule has 0 aliphatic heterocycles. The van der Waals surface area contributed by atoms with E-state index in [1.54, 1.807) is 0 Å². The van der Waals surface area contributed by atoms with Gasteiger partial charge < -0.3 is 4.43 Å². The van der Waals surface area contributed by atoms with Gasteiger partial charge in [-0.05, 0) is 73.7 Å². The number of pyridine rings is 1. The predicted octanol–water partition coefficient (Wildman–Crippen LogP) is 8.92. The summed E-state index contributed by atoms with van der Waals surface area (Å²) in [5.74, 6) is 1.36. The Hall–Kier alpha value is -2.39. The fourth-order valence-corrected chi connectivity index (χ4v) is 6.40. The topological polar surface area (TPSA) is 22.1 Å². The average molecular weight is 462 g/mol. The van der Waals surface area contributed by atoms with Crippen LogP contribution in [0.2, 0.25) is 19.1 Å². The third-order valence-corrected chi connectivity index (χ3v) is 8.71. The molecule has 0 fully saturated rings. The number of hydrogen-bond donors (Lipinski definition) is 0. The molecule has 0 N–H and O–H groups in total. The fraction of sp³-hybridized carbons (Fsp3) is 0.433. The van der Waals surface area contributed by atoms with Gasteiger partial charge in [0.05, 0.1) is 5.76 Å². The highest BCUT2D eigenvalue weighted by Crippen LogP contribution is 2.48. The van der Waals surface area contributed by atoms with Gasteiger partial charge in [0.1, 0.15) is 0 Å². The quantitative estimate of drug-likeness (QED) is 0.119. The summed E-state index contributed by atoms with van der Waals surface area (Å²) in [6, 6.07) is 7.30. The Morgan fingerprint density at radius 3 is 2.70 bits per heavy atom. The van der Waals surface area contributed by atoms with Crippen molar-refractivity contribution in [1.29, 1.82) is 0 Å². The molecule has 1 aliphatic rings. The second kappa shape index (κ2) is 12.7. The Bertz CT molecular complexity index is 889. The van der Waals surface area contributed by atoms with Gasteiger partial charge in [-0.25, -0.2) is 0 Å². The van der Waals surface area contributed by atoms with Gasteiger partial charge in [0.2, 0.25) is 8.32 Å². The molecule has 0 spiro atoms. The van der Waals surface area contributed by atoms with Gasteiger partial charge in [-0.1, -0.05) is 76.3 Å². The lowest BCUT2D eigenvalue weighted by molar-refractivity contribution is 0.258. The number of nitrogens with zero attached hydrogens (tertiary/aromatic N) is 1. The Labute approximate surface area is 203 Å². The predicted molar refractivity (Wildman–Crippen MR) is 147 cm³/mol. The van der Waals surface area contributed by atoms with Crippen molar-refractivity contribution >= 4 is 8.32 Å². The van der Waals surface area contributed by atoms with Gasteiger partial charge in [-0.2, -0.15) is 0 Å². The second-order valence-corrected chi connectivity index (χ2v) is 14.4. The molecule has 0 amide bonds. The lowest BCUT2D eigenvalue weighted by Crippen LogP contribution is -2.31. The van der Waals surface area contributed by atoms with Crippen LogP contribution in [0.1, 0.15) is 58.1 Å². The molecule has 2 atom stereocenters. The van der Waals surface area contributed by atoms with Crippen molar-refractivity contribution in [1.82, 2.24) is 4.98 Å². The second-order valence-electron chi connectivity index (χ2n) is 10.2. The van der Waals surface area contributed by atoms with Crippen LogP contribution in [0.4, 0.5) is 0 Å². The molecule has 1 heterocycles. The SMILES string of the molecule is C=CCCC[Si](C)(C)OC1=CC(C(C)(C)C(C(=C)/C=C\C=C/CCC)c2ccccn2)C=C1. The van der Waals surface area contributed by atoms with Crippen LogP contribution in [-0.2, 0) is 4.43 Å². The number of allylic oxidation sites excluding steroid dienone is 9. The summed E-state index contributed by atoms with van der Waals surface area (Å²) in [7, 11) is -1.75. The zero-order valence-electron chi connectivity index (χ0n) is 21.4. The molecule has 0 saturated carbocycles. The van der Waals surface area contributed by atoms with Gasteiger partial charge in [-0.15, -0.1) is 6.58 Å². The molecule has 1 aromatic rings. The smallest absolute Gasteiger partial charge is 0.245 e. The molecule has 0 saturated heterocycles. The van der Waals surface area contributed by atoms with E-state index >= 15 is 0 Å². The van der Waals surface area contributed by atoms with Crippen LogP contribution in [-0.4, -0.2) is 13.3 Å². The summed E-state index contributed by atoms with van der Waals surface area (Å²) in [5, 5.41) is 0. The maximum Gasteiger partial charge on any atom is 0.245 e.